The Labute approximate surface area is 116 Å². The van der Waals surface area contributed by atoms with E-state index in [-0.39, 0.29) is 5.59 Å². The van der Waals surface area contributed by atoms with E-state index in [4.69, 9.17) is 9.31 Å². The van der Waals surface area contributed by atoms with E-state index in [1.54, 1.807) is 6.92 Å². The second-order valence-corrected chi connectivity index (χ2v) is 5.98. The molecule has 0 aliphatic carbocycles. The van der Waals surface area contributed by atoms with E-state index in [0.29, 0.717) is 5.56 Å². The number of rotatable bonds is 1. The number of aromatic nitrogens is 1. The molecule has 0 amide bonds. The number of alkyl halides is 3. The molecule has 0 radical (unpaired) electrons. The molecule has 3 nitrogen and oxygen atoms in total. The van der Waals surface area contributed by atoms with Crippen LogP contribution >= 0.6 is 0 Å². The Morgan fingerprint density at radius 2 is 1.55 bits per heavy atom. The van der Waals surface area contributed by atoms with Crippen LogP contribution in [0.25, 0.3) is 0 Å². The van der Waals surface area contributed by atoms with E-state index in [9.17, 15) is 13.2 Å². The highest BCUT2D eigenvalue weighted by molar-refractivity contribution is 6.61. The van der Waals surface area contributed by atoms with Crippen LogP contribution < -0.4 is 5.59 Å². The summed E-state index contributed by atoms with van der Waals surface area (Å²) in [7, 11) is -0.887. The predicted octanol–water partition coefficient (Wildman–Crippen LogP) is 2.71. The Hall–Kier alpha value is -1.08. The van der Waals surface area contributed by atoms with Crippen LogP contribution in [0.15, 0.2) is 12.1 Å². The topological polar surface area (TPSA) is 31.4 Å². The lowest BCUT2D eigenvalue weighted by Crippen LogP contribution is -2.41. The van der Waals surface area contributed by atoms with Gasteiger partial charge < -0.3 is 9.31 Å². The molecule has 0 N–H and O–H groups in total. The summed E-state index contributed by atoms with van der Waals surface area (Å²) in [6.45, 7) is 9.06. The summed E-state index contributed by atoms with van der Waals surface area (Å²) in [6.07, 6.45) is -4.48. The molecular weight excluding hydrogens is 270 g/mol. The van der Waals surface area contributed by atoms with E-state index in [1.807, 2.05) is 27.7 Å². The van der Waals surface area contributed by atoms with Gasteiger partial charge in [-0.25, -0.2) is 0 Å². The summed E-state index contributed by atoms with van der Waals surface area (Å²) < 4.78 is 49.7. The van der Waals surface area contributed by atoms with Gasteiger partial charge in [0, 0.05) is 0 Å². The summed E-state index contributed by atoms with van der Waals surface area (Å²) >= 11 is 0. The van der Waals surface area contributed by atoms with Crippen molar-refractivity contribution in [1.82, 2.24) is 4.98 Å². The second kappa shape index (κ2) is 4.46. The Morgan fingerprint density at radius 1 is 1.05 bits per heavy atom. The number of hydrogen-bond donors (Lipinski definition) is 0. The van der Waals surface area contributed by atoms with Crippen molar-refractivity contribution >= 4 is 12.7 Å². The normalized spacial score (nSPS) is 21.3. The van der Waals surface area contributed by atoms with Crippen LogP contribution in [0.2, 0.25) is 0 Å². The van der Waals surface area contributed by atoms with Gasteiger partial charge >= 0.3 is 13.3 Å². The van der Waals surface area contributed by atoms with Crippen LogP contribution in [0.5, 0.6) is 0 Å². The zero-order valence-corrected chi connectivity index (χ0v) is 12.1. The molecule has 1 aromatic heterocycles. The van der Waals surface area contributed by atoms with E-state index < -0.39 is 30.2 Å². The third-order valence-electron chi connectivity index (χ3n) is 3.90. The van der Waals surface area contributed by atoms with Gasteiger partial charge in [0.15, 0.2) is 0 Å². The molecule has 1 aromatic rings. The SMILES string of the molecule is Cc1ccc(C(F)(F)F)nc1B1OC(C)(C)C(C)(C)O1. The zero-order chi connectivity index (χ0) is 15.3. The molecule has 0 aromatic carbocycles. The molecular formula is C13H17BF3NO2. The lowest BCUT2D eigenvalue weighted by molar-refractivity contribution is -0.141. The van der Waals surface area contributed by atoms with Gasteiger partial charge in [-0.3, -0.25) is 4.98 Å². The Kier molecular flexibility index (Phi) is 3.42. The predicted molar refractivity (Wildman–Crippen MR) is 69.7 cm³/mol. The molecule has 110 valence electrons. The first-order valence-corrected chi connectivity index (χ1v) is 6.34. The van der Waals surface area contributed by atoms with Crippen molar-refractivity contribution in [2.75, 3.05) is 0 Å². The third kappa shape index (κ3) is 2.56. The van der Waals surface area contributed by atoms with Crippen molar-refractivity contribution in [2.45, 2.75) is 52.0 Å². The minimum absolute atomic E-state index is 0.179. The maximum Gasteiger partial charge on any atom is 0.514 e. The molecule has 0 saturated carbocycles. The first kappa shape index (κ1) is 15.3. The highest BCUT2D eigenvalue weighted by Gasteiger charge is 2.53. The van der Waals surface area contributed by atoms with Crippen LogP contribution in [-0.4, -0.2) is 23.3 Å². The number of nitrogens with zero attached hydrogens (tertiary/aromatic N) is 1. The highest BCUT2D eigenvalue weighted by atomic mass is 19.4. The first-order chi connectivity index (χ1) is 8.94. The zero-order valence-electron chi connectivity index (χ0n) is 12.1. The van der Waals surface area contributed by atoms with Crippen molar-refractivity contribution < 1.29 is 22.5 Å². The van der Waals surface area contributed by atoms with Gasteiger partial charge in [0.1, 0.15) is 5.69 Å². The Balaban J connectivity index is 2.40. The van der Waals surface area contributed by atoms with Crippen LogP contribution in [0.3, 0.4) is 0 Å². The van der Waals surface area contributed by atoms with Crippen LogP contribution in [-0.2, 0) is 15.5 Å². The van der Waals surface area contributed by atoms with E-state index in [0.717, 1.165) is 6.07 Å². The fourth-order valence-corrected chi connectivity index (χ4v) is 1.90. The highest BCUT2D eigenvalue weighted by Crippen LogP contribution is 2.36. The van der Waals surface area contributed by atoms with Crippen molar-refractivity contribution in [3.63, 3.8) is 0 Å². The van der Waals surface area contributed by atoms with Gasteiger partial charge in [0.2, 0.25) is 0 Å². The molecule has 0 unspecified atom stereocenters. The molecule has 1 aliphatic heterocycles. The van der Waals surface area contributed by atoms with Crippen LogP contribution in [0.4, 0.5) is 13.2 Å². The van der Waals surface area contributed by atoms with Crippen LogP contribution in [0.1, 0.15) is 39.0 Å². The van der Waals surface area contributed by atoms with E-state index in [1.165, 1.54) is 6.07 Å². The van der Waals surface area contributed by atoms with Crippen molar-refractivity contribution in [1.29, 1.82) is 0 Å². The third-order valence-corrected chi connectivity index (χ3v) is 3.90. The van der Waals surface area contributed by atoms with Gasteiger partial charge in [0.05, 0.1) is 16.8 Å². The maximum atomic E-state index is 12.7. The lowest BCUT2D eigenvalue weighted by atomic mass is 9.81. The minimum Gasteiger partial charge on any atom is -0.398 e. The largest absolute Gasteiger partial charge is 0.514 e. The minimum atomic E-state index is -4.48. The number of halogens is 3. The van der Waals surface area contributed by atoms with Crippen molar-refractivity contribution in [2.24, 2.45) is 0 Å². The van der Waals surface area contributed by atoms with Crippen LogP contribution in [0, 0.1) is 6.92 Å². The molecule has 1 saturated heterocycles. The molecule has 1 aliphatic rings. The first-order valence-electron chi connectivity index (χ1n) is 6.34. The molecule has 20 heavy (non-hydrogen) atoms. The number of hydrogen-bond acceptors (Lipinski definition) is 3. The van der Waals surface area contributed by atoms with Gasteiger partial charge in [-0.05, 0) is 46.2 Å². The summed E-state index contributed by atoms with van der Waals surface area (Å²) in [4.78, 5) is 3.68. The molecule has 2 heterocycles. The quantitative estimate of drug-likeness (QED) is 0.744. The monoisotopic (exact) mass is 287 g/mol. The van der Waals surface area contributed by atoms with E-state index >= 15 is 0 Å². The molecule has 2 rings (SSSR count). The Bertz CT molecular complexity index is 513. The molecule has 1 fully saturated rings. The second-order valence-electron chi connectivity index (χ2n) is 5.98. The summed E-state index contributed by atoms with van der Waals surface area (Å²) in [5.41, 5.74) is -1.37. The molecule has 0 atom stereocenters. The molecule has 0 spiro atoms. The van der Waals surface area contributed by atoms with Crippen molar-refractivity contribution in [3.05, 3.63) is 23.4 Å². The average molecular weight is 287 g/mol. The fraction of sp³-hybridized carbons (Fsp3) is 0.615. The van der Waals surface area contributed by atoms with Crippen molar-refractivity contribution in [3.8, 4) is 0 Å². The van der Waals surface area contributed by atoms with Gasteiger partial charge in [-0.2, -0.15) is 13.2 Å². The summed E-state index contributed by atoms with van der Waals surface area (Å²) in [5, 5.41) is 0. The van der Waals surface area contributed by atoms with Gasteiger partial charge in [0.25, 0.3) is 0 Å². The smallest absolute Gasteiger partial charge is 0.398 e. The summed E-state index contributed by atoms with van der Waals surface area (Å²) in [6, 6.07) is 2.35. The standard InChI is InChI=1S/C13H17BF3NO2/c1-8-6-7-9(13(15,16)17)18-10(8)14-19-11(2,3)12(4,5)20-14/h6-7H,1-5H3. The average Bonchev–Trinajstić information content (AvgIpc) is 2.46. The lowest BCUT2D eigenvalue weighted by Gasteiger charge is -2.32. The van der Waals surface area contributed by atoms with E-state index in [2.05, 4.69) is 4.98 Å². The molecule has 7 heteroatoms. The Morgan fingerprint density at radius 3 is 2.00 bits per heavy atom. The summed E-state index contributed by atoms with van der Waals surface area (Å²) in [5.74, 6) is 0. The van der Waals surface area contributed by atoms with Gasteiger partial charge in [-0.15, -0.1) is 0 Å². The molecule has 0 bridgehead atoms. The maximum absolute atomic E-state index is 12.7. The fourth-order valence-electron chi connectivity index (χ4n) is 1.90. The number of pyridine rings is 1. The number of aryl methyl sites for hydroxylation is 1. The van der Waals surface area contributed by atoms with Gasteiger partial charge in [-0.1, -0.05) is 6.07 Å².